The predicted octanol–water partition coefficient (Wildman–Crippen LogP) is 4.74. The quantitative estimate of drug-likeness (QED) is 0.286. The summed E-state index contributed by atoms with van der Waals surface area (Å²) in [5.41, 5.74) is 2.81. The van der Waals surface area contributed by atoms with Crippen LogP contribution in [-0.2, 0) is 0 Å². The van der Waals surface area contributed by atoms with Crippen LogP contribution < -0.4 is 19.6 Å². The molecule has 12 nitrogen and oxygen atoms in total. The molecule has 0 atom stereocenters. The fourth-order valence-corrected chi connectivity index (χ4v) is 5.21. The topological polar surface area (TPSA) is 141 Å². The predicted molar refractivity (Wildman–Crippen MR) is 166 cm³/mol. The number of rotatable bonds is 6. The van der Waals surface area contributed by atoms with Gasteiger partial charge in [0.1, 0.15) is 23.3 Å². The van der Waals surface area contributed by atoms with Gasteiger partial charge in [-0.3, -0.25) is 28.8 Å². The number of nitrogens with zero attached hydrogens (tertiary/aromatic N) is 6. The molecule has 44 heavy (non-hydrogen) atoms. The van der Waals surface area contributed by atoms with Gasteiger partial charge in [0, 0.05) is 50.7 Å². The highest BCUT2D eigenvalue weighted by Gasteiger charge is 2.25. The number of benzene rings is 2. The van der Waals surface area contributed by atoms with E-state index >= 15 is 0 Å². The van der Waals surface area contributed by atoms with Crippen LogP contribution in [0, 0.1) is 0 Å². The highest BCUT2D eigenvalue weighted by atomic mass is 16.1. The summed E-state index contributed by atoms with van der Waals surface area (Å²) in [6.45, 7) is 0. The standard InChI is InChI=1S/C32H26N6O6/c1-35-25-7-5-19(13-39)27(11-25)37(3)31-23(17-43)10-24(18-44)32(34-31)38(4)28-12-26(8-6-20(28)14-40)36(2)30-22(16-42)9-21(15-41)29(35)33-30/h5-18H,1-4H3. The highest BCUT2D eigenvalue weighted by Crippen LogP contribution is 2.39. The number of carbonyl (C=O) groups is 6. The van der Waals surface area contributed by atoms with E-state index in [4.69, 9.17) is 9.97 Å². The third-order valence-electron chi connectivity index (χ3n) is 7.64. The molecule has 220 valence electrons. The van der Waals surface area contributed by atoms with E-state index in [9.17, 15) is 28.8 Å². The number of aldehydes is 6. The first-order chi connectivity index (χ1) is 21.2. The molecule has 0 fully saturated rings. The van der Waals surface area contributed by atoms with Gasteiger partial charge in [-0.15, -0.1) is 0 Å². The molecular formula is C32H26N6O6. The maximum atomic E-state index is 12.2. The second-order valence-electron chi connectivity index (χ2n) is 10.1. The Balaban J connectivity index is 1.92. The van der Waals surface area contributed by atoms with Crippen LogP contribution in [0.25, 0.3) is 0 Å². The van der Waals surface area contributed by atoms with Gasteiger partial charge in [-0.25, -0.2) is 9.97 Å². The van der Waals surface area contributed by atoms with Gasteiger partial charge in [0.2, 0.25) is 0 Å². The Hall–Kier alpha value is -6.04. The summed E-state index contributed by atoms with van der Waals surface area (Å²) in [6.07, 6.45) is 3.64. The van der Waals surface area contributed by atoms with Crippen molar-refractivity contribution in [3.8, 4) is 0 Å². The van der Waals surface area contributed by atoms with E-state index in [-0.39, 0.29) is 56.7 Å². The normalized spacial score (nSPS) is 12.5. The van der Waals surface area contributed by atoms with E-state index in [1.54, 1.807) is 84.2 Å². The number of carbonyl (C=O) groups excluding carboxylic acids is 6. The first kappa shape index (κ1) is 29.5. The van der Waals surface area contributed by atoms with Crippen LogP contribution in [0.4, 0.5) is 46.0 Å². The van der Waals surface area contributed by atoms with Crippen LogP contribution in [0.5, 0.6) is 0 Å². The molecule has 2 aromatic heterocycles. The smallest absolute Gasteiger partial charge is 0.153 e. The Morgan fingerprint density at radius 2 is 0.705 bits per heavy atom. The minimum absolute atomic E-state index is 0.0894. The second kappa shape index (κ2) is 11.7. The lowest BCUT2D eigenvalue weighted by atomic mass is 10.1. The molecular weight excluding hydrogens is 564 g/mol. The Kier molecular flexibility index (Phi) is 7.82. The number of hydrogen-bond donors (Lipinski definition) is 0. The SMILES string of the molecule is CN1c2ccc(C=O)c(c2)N(C)c2nc(c(C=O)cc2C=O)N(C)c2cc(ccc2C=O)N(C)c2nc1c(C=O)cc2C=O. The molecule has 5 rings (SSSR count). The van der Waals surface area contributed by atoms with Gasteiger partial charge in [-0.1, -0.05) is 0 Å². The first-order valence-electron chi connectivity index (χ1n) is 13.2. The summed E-state index contributed by atoms with van der Waals surface area (Å²) in [7, 11) is 6.60. The van der Waals surface area contributed by atoms with Gasteiger partial charge >= 0.3 is 0 Å². The van der Waals surface area contributed by atoms with Gasteiger partial charge < -0.3 is 19.6 Å². The lowest BCUT2D eigenvalue weighted by molar-refractivity contribution is 0.111. The highest BCUT2D eigenvalue weighted by molar-refractivity contribution is 5.98. The van der Waals surface area contributed by atoms with E-state index in [2.05, 4.69) is 0 Å². The minimum Gasteiger partial charge on any atom is -0.329 e. The molecule has 0 aliphatic carbocycles. The molecule has 0 amide bonds. The molecule has 1 aliphatic rings. The molecule has 0 saturated heterocycles. The zero-order chi connectivity index (χ0) is 31.7. The number of pyridine rings is 2. The van der Waals surface area contributed by atoms with Crippen molar-refractivity contribution < 1.29 is 28.8 Å². The van der Waals surface area contributed by atoms with Crippen molar-refractivity contribution in [3.63, 3.8) is 0 Å². The summed E-state index contributed by atoms with van der Waals surface area (Å²) in [5, 5.41) is 0. The molecule has 0 N–H and O–H groups in total. The van der Waals surface area contributed by atoms with Crippen LogP contribution >= 0.6 is 0 Å². The van der Waals surface area contributed by atoms with Gasteiger partial charge in [-0.2, -0.15) is 0 Å². The van der Waals surface area contributed by atoms with Crippen molar-refractivity contribution in [1.29, 1.82) is 0 Å². The molecule has 4 aromatic rings. The monoisotopic (exact) mass is 590 g/mol. The van der Waals surface area contributed by atoms with Crippen LogP contribution in [0.1, 0.15) is 62.1 Å². The fraction of sp³-hybridized carbons (Fsp3) is 0.125. The van der Waals surface area contributed by atoms with E-state index in [0.29, 0.717) is 60.5 Å². The summed E-state index contributed by atoms with van der Waals surface area (Å²) < 4.78 is 0. The van der Waals surface area contributed by atoms with Crippen molar-refractivity contribution in [3.05, 3.63) is 81.9 Å². The molecule has 12 heteroatoms. The summed E-state index contributed by atoms with van der Waals surface area (Å²) in [4.78, 5) is 88.8. The van der Waals surface area contributed by atoms with Crippen LogP contribution in [-0.4, -0.2) is 75.9 Å². The van der Waals surface area contributed by atoms with Crippen LogP contribution in [0.3, 0.4) is 0 Å². The number of fused-ring (bicyclic) bond motifs is 8. The van der Waals surface area contributed by atoms with Crippen molar-refractivity contribution in [2.24, 2.45) is 0 Å². The average molecular weight is 591 g/mol. The molecule has 2 aromatic carbocycles. The number of anilines is 8. The number of hydrogen-bond acceptors (Lipinski definition) is 12. The maximum Gasteiger partial charge on any atom is 0.153 e. The average Bonchev–Trinajstić information content (AvgIpc) is 3.07. The van der Waals surface area contributed by atoms with Crippen molar-refractivity contribution in [2.75, 3.05) is 47.8 Å². The zero-order valence-corrected chi connectivity index (χ0v) is 24.2. The largest absolute Gasteiger partial charge is 0.329 e. The van der Waals surface area contributed by atoms with E-state index in [1.807, 2.05) is 0 Å². The van der Waals surface area contributed by atoms with Crippen molar-refractivity contribution in [1.82, 2.24) is 9.97 Å². The molecule has 0 unspecified atom stereocenters. The summed E-state index contributed by atoms with van der Waals surface area (Å²) in [6, 6.07) is 12.7. The molecule has 8 bridgehead atoms. The fourth-order valence-electron chi connectivity index (χ4n) is 5.21. The van der Waals surface area contributed by atoms with Crippen LogP contribution in [0.15, 0.2) is 48.5 Å². The molecule has 0 saturated carbocycles. The second-order valence-corrected chi connectivity index (χ2v) is 10.1. The minimum atomic E-state index is 0.0894. The van der Waals surface area contributed by atoms with Gasteiger partial charge in [-0.05, 0) is 48.5 Å². The lowest BCUT2D eigenvalue weighted by Gasteiger charge is -2.30. The molecule has 3 heterocycles. The van der Waals surface area contributed by atoms with E-state index in [1.165, 1.54) is 12.1 Å². The Morgan fingerprint density at radius 3 is 1.00 bits per heavy atom. The van der Waals surface area contributed by atoms with Crippen molar-refractivity contribution >= 4 is 83.7 Å². The van der Waals surface area contributed by atoms with Gasteiger partial charge in [0.15, 0.2) is 37.7 Å². The Morgan fingerprint density at radius 1 is 0.409 bits per heavy atom. The third kappa shape index (κ3) is 4.77. The van der Waals surface area contributed by atoms with Gasteiger partial charge in [0.25, 0.3) is 0 Å². The van der Waals surface area contributed by atoms with Gasteiger partial charge in [0.05, 0.1) is 33.6 Å². The summed E-state index contributed by atoms with van der Waals surface area (Å²) in [5.74, 6) is 0.761. The zero-order valence-electron chi connectivity index (χ0n) is 24.2. The molecule has 0 spiro atoms. The van der Waals surface area contributed by atoms with E-state index in [0.717, 1.165) is 0 Å². The third-order valence-corrected chi connectivity index (χ3v) is 7.64. The first-order valence-corrected chi connectivity index (χ1v) is 13.2. The molecule has 0 radical (unpaired) electrons. The maximum absolute atomic E-state index is 12.2. The van der Waals surface area contributed by atoms with E-state index < -0.39 is 0 Å². The lowest BCUT2D eigenvalue weighted by Crippen LogP contribution is -2.23. The Labute approximate surface area is 252 Å². The Bertz CT molecular complexity index is 1750. The van der Waals surface area contributed by atoms with Crippen LogP contribution in [0.2, 0.25) is 0 Å². The summed E-state index contributed by atoms with van der Waals surface area (Å²) >= 11 is 0. The number of aromatic nitrogens is 2. The van der Waals surface area contributed by atoms with Crippen molar-refractivity contribution in [2.45, 2.75) is 0 Å². The molecule has 1 aliphatic heterocycles.